The quantitative estimate of drug-likeness (QED) is 0.309. The van der Waals surface area contributed by atoms with Crippen molar-refractivity contribution in [3.05, 3.63) is 79.3 Å². The van der Waals surface area contributed by atoms with Crippen molar-refractivity contribution in [1.82, 2.24) is 24.5 Å². The largest absolute Gasteiger partial charge is 0.489 e. The van der Waals surface area contributed by atoms with Gasteiger partial charge in [-0.3, -0.25) is 19.7 Å². The number of nitrogen functional groups attached to an aromatic ring is 1. The summed E-state index contributed by atoms with van der Waals surface area (Å²) in [6.07, 6.45) is 6.42. The topological polar surface area (TPSA) is 133 Å². The molecule has 0 unspecified atom stereocenters. The van der Waals surface area contributed by atoms with Gasteiger partial charge in [0.15, 0.2) is 5.65 Å². The van der Waals surface area contributed by atoms with Gasteiger partial charge in [0.2, 0.25) is 11.9 Å². The third kappa shape index (κ3) is 4.44. The van der Waals surface area contributed by atoms with Crippen molar-refractivity contribution in [3.63, 3.8) is 0 Å². The van der Waals surface area contributed by atoms with Crippen LogP contribution in [0, 0.1) is 0 Å². The molecule has 5 aromatic rings. The number of hydrogen-bond donors (Lipinski definition) is 3. The van der Waals surface area contributed by atoms with Gasteiger partial charge in [-0.15, -0.1) is 0 Å². The summed E-state index contributed by atoms with van der Waals surface area (Å²) in [5, 5.41) is 7.28. The number of pyridine rings is 2. The van der Waals surface area contributed by atoms with E-state index in [1.54, 1.807) is 12.4 Å². The highest BCUT2D eigenvalue weighted by molar-refractivity contribution is 5.99. The number of benzene rings is 1. The second-order valence-electron chi connectivity index (χ2n) is 7.69. The molecular weight excluding hydrogens is 444 g/mol. The smallest absolute Gasteiger partial charge is 0.250 e. The summed E-state index contributed by atoms with van der Waals surface area (Å²) in [6.45, 7) is 3.75. The Morgan fingerprint density at radius 3 is 2.83 bits per heavy atom. The van der Waals surface area contributed by atoms with Gasteiger partial charge < -0.3 is 15.8 Å². The van der Waals surface area contributed by atoms with Crippen LogP contribution < -0.4 is 21.1 Å². The van der Waals surface area contributed by atoms with Crippen LogP contribution in [-0.2, 0) is 11.4 Å². The van der Waals surface area contributed by atoms with Gasteiger partial charge >= 0.3 is 0 Å². The Balaban J connectivity index is 1.40. The maximum atomic E-state index is 11.7. The molecule has 0 bridgehead atoms. The number of anilines is 3. The molecule has 0 radical (unpaired) electrons. The minimum Gasteiger partial charge on any atom is -0.489 e. The van der Waals surface area contributed by atoms with E-state index >= 15 is 0 Å². The van der Waals surface area contributed by atoms with Gasteiger partial charge in [0.25, 0.3) is 0 Å². The maximum Gasteiger partial charge on any atom is 0.250 e. The molecule has 35 heavy (non-hydrogen) atoms. The molecule has 0 fully saturated rings. The van der Waals surface area contributed by atoms with Gasteiger partial charge in [-0.05, 0) is 42.5 Å². The van der Waals surface area contributed by atoms with Crippen LogP contribution in [0.2, 0.25) is 0 Å². The zero-order chi connectivity index (χ0) is 24.4. The van der Waals surface area contributed by atoms with Gasteiger partial charge in [0, 0.05) is 36.5 Å². The number of nitrogens with one attached hydrogen (secondary N) is 2. The van der Waals surface area contributed by atoms with E-state index < -0.39 is 5.91 Å². The van der Waals surface area contributed by atoms with Crippen LogP contribution >= 0.6 is 0 Å². The minimum absolute atomic E-state index is 0.0960. The van der Waals surface area contributed by atoms with Gasteiger partial charge in [-0.2, -0.15) is 9.97 Å². The lowest BCUT2D eigenvalue weighted by molar-refractivity contribution is -0.111. The molecule has 0 saturated carbocycles. The normalized spacial score (nSPS) is 10.9. The molecule has 0 spiro atoms. The second kappa shape index (κ2) is 9.10. The number of carbonyl (C=O) groups excluding carboxylic acids is 1. The van der Waals surface area contributed by atoms with Crippen molar-refractivity contribution in [3.8, 4) is 11.4 Å². The first kappa shape index (κ1) is 21.8. The molecule has 10 heteroatoms. The first-order chi connectivity index (χ1) is 17.0. The highest BCUT2D eigenvalue weighted by Gasteiger charge is 2.13. The molecule has 4 aromatic heterocycles. The SMILES string of the molecule is C=CC(=O)Nc1nc(N)c2ccn(-c3cncc(COc4ccc5ccc(NC)nc5c4)c3)c2n1. The first-order valence-corrected chi connectivity index (χ1v) is 10.8. The molecule has 0 atom stereocenters. The summed E-state index contributed by atoms with van der Waals surface area (Å²) < 4.78 is 7.84. The van der Waals surface area contributed by atoms with Crippen molar-refractivity contribution < 1.29 is 9.53 Å². The van der Waals surface area contributed by atoms with E-state index in [4.69, 9.17) is 10.5 Å². The number of aromatic nitrogens is 5. The fraction of sp³-hybridized carbons (Fsp3) is 0.0800. The highest BCUT2D eigenvalue weighted by Crippen LogP contribution is 2.25. The monoisotopic (exact) mass is 466 g/mol. The standard InChI is InChI=1S/C25H22N8O2/c1-3-22(34)30-25-31-23(26)19-8-9-33(24(19)32-25)17-10-15(12-28-13-17)14-35-18-6-4-16-5-7-21(27-2)29-20(16)11-18/h3-13H,1,14H2,2H3,(H,27,29)(H3,26,30,31,32,34). The van der Waals surface area contributed by atoms with Crippen LogP contribution in [0.3, 0.4) is 0 Å². The summed E-state index contributed by atoms with van der Waals surface area (Å²) >= 11 is 0. The lowest BCUT2D eigenvalue weighted by Crippen LogP contribution is -2.12. The van der Waals surface area contributed by atoms with Gasteiger partial charge in [-0.1, -0.05) is 6.58 Å². The third-order valence-electron chi connectivity index (χ3n) is 5.38. The molecule has 4 heterocycles. The Morgan fingerprint density at radius 2 is 2.00 bits per heavy atom. The van der Waals surface area contributed by atoms with E-state index in [0.29, 0.717) is 23.4 Å². The van der Waals surface area contributed by atoms with E-state index in [1.165, 1.54) is 0 Å². The van der Waals surface area contributed by atoms with E-state index in [-0.39, 0.29) is 11.8 Å². The van der Waals surface area contributed by atoms with Crippen molar-refractivity contribution in [1.29, 1.82) is 0 Å². The van der Waals surface area contributed by atoms with Crippen molar-refractivity contribution in [2.45, 2.75) is 6.61 Å². The number of nitrogens with two attached hydrogens (primary N) is 1. The third-order valence-corrected chi connectivity index (χ3v) is 5.38. The zero-order valence-corrected chi connectivity index (χ0v) is 18.9. The molecule has 174 valence electrons. The molecule has 5 rings (SSSR count). The maximum absolute atomic E-state index is 11.7. The molecule has 0 aliphatic heterocycles. The van der Waals surface area contributed by atoms with Crippen LogP contribution in [0.1, 0.15) is 5.56 Å². The molecule has 10 nitrogen and oxygen atoms in total. The molecule has 0 aliphatic carbocycles. The van der Waals surface area contributed by atoms with E-state index in [2.05, 4.69) is 37.1 Å². The molecule has 4 N–H and O–H groups in total. The van der Waals surface area contributed by atoms with Crippen LogP contribution in [0.15, 0.2) is 73.7 Å². The van der Waals surface area contributed by atoms with Gasteiger partial charge in [-0.25, -0.2) is 4.98 Å². The predicted octanol–water partition coefficient (Wildman–Crippen LogP) is 3.69. The average Bonchev–Trinajstić information content (AvgIpc) is 3.31. The fourth-order valence-electron chi connectivity index (χ4n) is 3.64. The number of ether oxygens (including phenoxy) is 1. The number of amides is 1. The Hall–Kier alpha value is -4.99. The van der Waals surface area contributed by atoms with E-state index in [1.807, 2.05) is 60.3 Å². The van der Waals surface area contributed by atoms with Crippen LogP contribution in [0.5, 0.6) is 5.75 Å². The van der Waals surface area contributed by atoms with E-state index in [9.17, 15) is 4.79 Å². The Kier molecular flexibility index (Phi) is 5.68. The van der Waals surface area contributed by atoms with E-state index in [0.717, 1.165) is 34.0 Å². The van der Waals surface area contributed by atoms with Crippen LogP contribution in [-0.4, -0.2) is 37.5 Å². The molecule has 1 amide bonds. The van der Waals surface area contributed by atoms with Gasteiger partial charge in [0.05, 0.1) is 22.8 Å². The first-order valence-electron chi connectivity index (χ1n) is 10.8. The van der Waals surface area contributed by atoms with Gasteiger partial charge in [0.1, 0.15) is 24.0 Å². The van der Waals surface area contributed by atoms with Crippen LogP contribution in [0.4, 0.5) is 17.6 Å². The van der Waals surface area contributed by atoms with Crippen molar-refractivity contribution in [2.24, 2.45) is 0 Å². The summed E-state index contributed by atoms with van der Waals surface area (Å²) in [5.41, 5.74) is 9.09. The predicted molar refractivity (Wildman–Crippen MR) is 136 cm³/mol. The number of hydrogen-bond acceptors (Lipinski definition) is 8. The fourth-order valence-corrected chi connectivity index (χ4v) is 3.64. The highest BCUT2D eigenvalue weighted by atomic mass is 16.5. The second-order valence-corrected chi connectivity index (χ2v) is 7.69. The molecule has 0 aliphatic rings. The average molecular weight is 467 g/mol. The van der Waals surface area contributed by atoms with Crippen molar-refractivity contribution >= 4 is 45.4 Å². The van der Waals surface area contributed by atoms with Crippen LogP contribution in [0.25, 0.3) is 27.6 Å². The summed E-state index contributed by atoms with van der Waals surface area (Å²) in [4.78, 5) is 29.2. The minimum atomic E-state index is -0.422. The lowest BCUT2D eigenvalue weighted by atomic mass is 10.2. The summed E-state index contributed by atoms with van der Waals surface area (Å²) in [7, 11) is 1.83. The lowest BCUT2D eigenvalue weighted by Gasteiger charge is -2.10. The zero-order valence-electron chi connectivity index (χ0n) is 18.9. The number of nitrogens with zero attached hydrogens (tertiary/aromatic N) is 5. The number of fused-ring (bicyclic) bond motifs is 2. The summed E-state index contributed by atoms with van der Waals surface area (Å²) in [6, 6.07) is 13.5. The Bertz CT molecular complexity index is 1580. The molecule has 1 aromatic carbocycles. The van der Waals surface area contributed by atoms with Crippen molar-refractivity contribution in [2.75, 3.05) is 23.4 Å². The molecular formula is C25H22N8O2. The Morgan fingerprint density at radius 1 is 1.14 bits per heavy atom. The number of carbonyl (C=O) groups is 1. The molecule has 0 saturated heterocycles. The number of rotatable bonds is 7. The Labute approximate surface area is 200 Å². The summed E-state index contributed by atoms with van der Waals surface area (Å²) in [5.74, 6) is 1.43.